The molecule has 31 heavy (non-hydrogen) atoms. The van der Waals surface area contributed by atoms with Crippen molar-refractivity contribution in [1.29, 1.82) is 0 Å². The van der Waals surface area contributed by atoms with Crippen LogP contribution < -0.4 is 15.4 Å². The number of methoxy groups -OCH3 is 1. The van der Waals surface area contributed by atoms with E-state index in [1.165, 1.54) is 0 Å². The van der Waals surface area contributed by atoms with Gasteiger partial charge >= 0.3 is 6.03 Å². The minimum atomic E-state index is -0.398. The van der Waals surface area contributed by atoms with Gasteiger partial charge in [-0.2, -0.15) is 0 Å². The molecule has 0 spiro atoms. The van der Waals surface area contributed by atoms with Crippen molar-refractivity contribution in [3.8, 4) is 5.75 Å². The number of aromatic nitrogens is 3. The van der Waals surface area contributed by atoms with E-state index in [1.54, 1.807) is 31.4 Å². The van der Waals surface area contributed by atoms with E-state index < -0.39 is 6.03 Å². The van der Waals surface area contributed by atoms with Crippen LogP contribution in [-0.4, -0.2) is 27.7 Å². The molecular weight excluding hydrogens is 414 g/mol. The second-order valence-corrected chi connectivity index (χ2v) is 7.53. The normalized spacial score (nSPS) is 10.8. The number of aryl methyl sites for hydroxylation is 2. The first kappa shape index (κ1) is 20.7. The molecule has 2 amide bonds. The zero-order chi connectivity index (χ0) is 22.0. The third-order valence-electron chi connectivity index (χ3n) is 4.95. The van der Waals surface area contributed by atoms with Crippen molar-refractivity contribution in [1.82, 2.24) is 14.5 Å². The fourth-order valence-corrected chi connectivity index (χ4v) is 3.54. The van der Waals surface area contributed by atoms with Gasteiger partial charge in [0.25, 0.3) is 0 Å². The summed E-state index contributed by atoms with van der Waals surface area (Å²) in [7, 11) is 1.65. The number of ether oxygens (including phenoxy) is 1. The van der Waals surface area contributed by atoms with E-state index in [9.17, 15) is 4.79 Å². The lowest BCUT2D eigenvalue weighted by molar-refractivity contribution is 0.262. The molecule has 0 saturated heterocycles. The number of anilines is 2. The van der Waals surface area contributed by atoms with Crippen molar-refractivity contribution >= 4 is 40.2 Å². The van der Waals surface area contributed by atoms with Crippen molar-refractivity contribution in [2.45, 2.75) is 20.4 Å². The van der Waals surface area contributed by atoms with Gasteiger partial charge in [-0.25, -0.2) is 14.8 Å². The number of carbonyl (C=O) groups excluding carboxylic acids is 1. The standard InChI is InChI=1S/C23H22ClN5O2/c1-14-20(28-23(30)27-19-10-5-4-9-18(19)24)12-21-22(25-14)29(15(2)26-21)13-16-7-6-8-17(11-16)31-3/h4-12H,13H2,1-3H3,(H2,27,28,30). The van der Waals surface area contributed by atoms with Crippen molar-refractivity contribution < 1.29 is 9.53 Å². The number of hydrogen-bond donors (Lipinski definition) is 2. The first-order valence-corrected chi connectivity index (χ1v) is 10.1. The number of urea groups is 1. The Morgan fingerprint density at radius 3 is 2.58 bits per heavy atom. The van der Waals surface area contributed by atoms with Gasteiger partial charge in [0.15, 0.2) is 5.65 Å². The molecule has 4 rings (SSSR count). The maximum Gasteiger partial charge on any atom is 0.323 e. The molecule has 0 radical (unpaired) electrons. The van der Waals surface area contributed by atoms with E-state index in [1.807, 2.05) is 48.7 Å². The molecule has 2 aromatic heterocycles. The second kappa shape index (κ2) is 8.65. The number of halogens is 1. The number of para-hydroxylation sites is 1. The van der Waals surface area contributed by atoms with Crippen LogP contribution in [0.3, 0.4) is 0 Å². The van der Waals surface area contributed by atoms with Crippen molar-refractivity contribution in [3.63, 3.8) is 0 Å². The molecule has 0 saturated carbocycles. The lowest BCUT2D eigenvalue weighted by Crippen LogP contribution is -2.20. The summed E-state index contributed by atoms with van der Waals surface area (Å²) in [6, 6.07) is 16.4. The van der Waals surface area contributed by atoms with Gasteiger partial charge in [-0.15, -0.1) is 0 Å². The van der Waals surface area contributed by atoms with Crippen LogP contribution in [0.25, 0.3) is 11.2 Å². The quantitative estimate of drug-likeness (QED) is 0.439. The van der Waals surface area contributed by atoms with E-state index in [0.29, 0.717) is 34.2 Å². The third kappa shape index (κ3) is 4.46. The number of pyridine rings is 1. The molecule has 0 aliphatic heterocycles. The molecule has 158 valence electrons. The Bertz CT molecular complexity index is 1270. The summed E-state index contributed by atoms with van der Waals surface area (Å²) in [5.74, 6) is 1.64. The highest BCUT2D eigenvalue weighted by atomic mass is 35.5. The highest BCUT2D eigenvalue weighted by Gasteiger charge is 2.14. The largest absolute Gasteiger partial charge is 0.497 e. The number of hydrogen-bond acceptors (Lipinski definition) is 4. The van der Waals surface area contributed by atoms with Crippen LogP contribution >= 0.6 is 11.6 Å². The molecule has 0 aliphatic carbocycles. The van der Waals surface area contributed by atoms with Gasteiger partial charge in [-0.3, -0.25) is 0 Å². The van der Waals surface area contributed by atoms with E-state index >= 15 is 0 Å². The molecule has 4 aromatic rings. The average Bonchev–Trinajstić information content (AvgIpc) is 3.04. The molecule has 0 unspecified atom stereocenters. The lowest BCUT2D eigenvalue weighted by Gasteiger charge is -2.11. The Balaban J connectivity index is 1.59. The molecule has 7 nitrogen and oxygen atoms in total. The van der Waals surface area contributed by atoms with Gasteiger partial charge in [0.1, 0.15) is 17.1 Å². The zero-order valence-electron chi connectivity index (χ0n) is 17.4. The summed E-state index contributed by atoms with van der Waals surface area (Å²) < 4.78 is 7.36. The van der Waals surface area contributed by atoms with E-state index in [2.05, 4.69) is 15.6 Å². The molecule has 8 heteroatoms. The molecule has 0 bridgehead atoms. The maximum atomic E-state index is 12.4. The maximum absolute atomic E-state index is 12.4. The summed E-state index contributed by atoms with van der Waals surface area (Å²) in [5.41, 5.74) is 4.36. The van der Waals surface area contributed by atoms with Crippen molar-refractivity contribution in [2.75, 3.05) is 17.7 Å². The SMILES string of the molecule is COc1cccc(Cn2c(C)nc3cc(NC(=O)Nc4ccccc4Cl)c(C)nc32)c1. The summed E-state index contributed by atoms with van der Waals surface area (Å²) >= 11 is 6.11. The van der Waals surface area contributed by atoms with Crippen LogP contribution in [0.15, 0.2) is 54.6 Å². The van der Waals surface area contributed by atoms with Crippen LogP contribution in [0, 0.1) is 13.8 Å². The summed E-state index contributed by atoms with van der Waals surface area (Å²) in [6.45, 7) is 4.41. The first-order valence-electron chi connectivity index (χ1n) is 9.74. The number of imidazole rings is 1. The zero-order valence-corrected chi connectivity index (χ0v) is 18.2. The second-order valence-electron chi connectivity index (χ2n) is 7.12. The Kier molecular flexibility index (Phi) is 5.77. The van der Waals surface area contributed by atoms with Crippen LogP contribution in [0.2, 0.25) is 5.02 Å². The number of carbonyl (C=O) groups is 1. The van der Waals surface area contributed by atoms with E-state index in [-0.39, 0.29) is 0 Å². The van der Waals surface area contributed by atoms with Gasteiger partial charge in [0.2, 0.25) is 0 Å². The van der Waals surface area contributed by atoms with Crippen LogP contribution in [0.5, 0.6) is 5.75 Å². The molecule has 0 atom stereocenters. The van der Waals surface area contributed by atoms with Crippen molar-refractivity contribution in [2.24, 2.45) is 0 Å². The topological polar surface area (TPSA) is 81.1 Å². The Hall–Kier alpha value is -3.58. The number of rotatable bonds is 5. The van der Waals surface area contributed by atoms with Gasteiger partial charge in [-0.05, 0) is 49.7 Å². The van der Waals surface area contributed by atoms with Crippen LogP contribution in [-0.2, 0) is 6.54 Å². The molecule has 2 N–H and O–H groups in total. The monoisotopic (exact) mass is 435 g/mol. The number of nitrogens with one attached hydrogen (secondary N) is 2. The van der Waals surface area contributed by atoms with Crippen LogP contribution in [0.4, 0.5) is 16.2 Å². The smallest absolute Gasteiger partial charge is 0.323 e. The van der Waals surface area contributed by atoms with Crippen LogP contribution in [0.1, 0.15) is 17.1 Å². The van der Waals surface area contributed by atoms with Gasteiger partial charge in [0, 0.05) is 0 Å². The summed E-state index contributed by atoms with van der Waals surface area (Å²) in [6.07, 6.45) is 0. The molecule has 0 fully saturated rings. The Morgan fingerprint density at radius 1 is 1.03 bits per heavy atom. The Morgan fingerprint density at radius 2 is 1.81 bits per heavy atom. The van der Waals surface area contributed by atoms with E-state index in [0.717, 1.165) is 22.8 Å². The first-order chi connectivity index (χ1) is 14.9. The van der Waals surface area contributed by atoms with E-state index in [4.69, 9.17) is 21.3 Å². The molecule has 0 aliphatic rings. The highest BCUT2D eigenvalue weighted by molar-refractivity contribution is 6.33. The summed E-state index contributed by atoms with van der Waals surface area (Å²) in [5, 5.41) is 6.05. The molecule has 2 heterocycles. The third-order valence-corrected chi connectivity index (χ3v) is 5.28. The fourth-order valence-electron chi connectivity index (χ4n) is 3.36. The molecule has 2 aromatic carbocycles. The highest BCUT2D eigenvalue weighted by Crippen LogP contribution is 2.24. The predicted molar refractivity (Wildman–Crippen MR) is 123 cm³/mol. The number of amides is 2. The summed E-state index contributed by atoms with van der Waals surface area (Å²) in [4.78, 5) is 21.8. The lowest BCUT2D eigenvalue weighted by atomic mass is 10.2. The fraction of sp³-hybridized carbons (Fsp3) is 0.174. The number of nitrogens with zero attached hydrogens (tertiary/aromatic N) is 3. The Labute approximate surface area is 185 Å². The number of benzene rings is 2. The van der Waals surface area contributed by atoms with Gasteiger partial charge in [0.05, 0.1) is 35.7 Å². The molecular formula is C23H22ClN5O2. The number of fused-ring (bicyclic) bond motifs is 1. The van der Waals surface area contributed by atoms with Crippen molar-refractivity contribution in [3.05, 3.63) is 76.7 Å². The minimum absolute atomic E-state index is 0.398. The van der Waals surface area contributed by atoms with Gasteiger partial charge < -0.3 is 19.9 Å². The van der Waals surface area contributed by atoms with Gasteiger partial charge in [-0.1, -0.05) is 35.9 Å². The average molecular weight is 436 g/mol. The predicted octanol–water partition coefficient (Wildman–Crippen LogP) is 5.40. The minimum Gasteiger partial charge on any atom is -0.497 e.